The van der Waals surface area contributed by atoms with Crippen LogP contribution in [0.4, 0.5) is 0 Å². The van der Waals surface area contributed by atoms with Gasteiger partial charge in [0.2, 0.25) is 0 Å². The highest BCUT2D eigenvalue weighted by atomic mass is 35.5. The number of ether oxygens (including phenoxy) is 2. The Labute approximate surface area is 144 Å². The fourth-order valence-corrected chi connectivity index (χ4v) is 2.73. The number of fused-ring (bicyclic) bond motifs is 1. The summed E-state index contributed by atoms with van der Waals surface area (Å²) in [6.45, 7) is 5.87. The summed E-state index contributed by atoms with van der Waals surface area (Å²) < 4.78 is 11.6. The van der Waals surface area contributed by atoms with E-state index < -0.39 is 0 Å². The standard InChI is InChI=1S/C20H27ClO2/c1-3-5-7-11-22-18-10-9-16-15-20(23-12-8-6-4-2)19(21)14-17(16)13-18/h9-10,13-15H,3-8,11-12H2,1-2H3. The third-order valence-corrected chi connectivity index (χ3v) is 4.18. The van der Waals surface area contributed by atoms with Gasteiger partial charge in [-0.3, -0.25) is 0 Å². The molecule has 0 aliphatic rings. The second-order valence-electron chi connectivity index (χ2n) is 5.90. The second-order valence-corrected chi connectivity index (χ2v) is 6.31. The van der Waals surface area contributed by atoms with Gasteiger partial charge in [0.1, 0.15) is 11.5 Å². The van der Waals surface area contributed by atoms with Gasteiger partial charge in [0, 0.05) is 0 Å². The van der Waals surface area contributed by atoms with E-state index in [-0.39, 0.29) is 0 Å². The van der Waals surface area contributed by atoms with E-state index >= 15 is 0 Å². The summed E-state index contributed by atoms with van der Waals surface area (Å²) in [7, 11) is 0. The van der Waals surface area contributed by atoms with Crippen LogP contribution in [0, 0.1) is 0 Å². The molecule has 2 aromatic carbocycles. The molecule has 126 valence electrons. The van der Waals surface area contributed by atoms with Crippen LogP contribution in [0.5, 0.6) is 11.5 Å². The molecule has 0 fully saturated rings. The normalized spacial score (nSPS) is 10.9. The minimum absolute atomic E-state index is 0.664. The molecule has 0 amide bonds. The molecule has 0 heterocycles. The van der Waals surface area contributed by atoms with Gasteiger partial charge in [0.05, 0.1) is 18.2 Å². The molecule has 2 aromatic rings. The van der Waals surface area contributed by atoms with E-state index in [9.17, 15) is 0 Å². The average molecular weight is 335 g/mol. The second kappa shape index (κ2) is 9.67. The molecule has 0 aliphatic carbocycles. The zero-order valence-corrected chi connectivity index (χ0v) is 15.0. The summed E-state index contributed by atoms with van der Waals surface area (Å²) in [5.74, 6) is 1.67. The topological polar surface area (TPSA) is 18.5 Å². The lowest BCUT2D eigenvalue weighted by molar-refractivity contribution is 0.306. The van der Waals surface area contributed by atoms with Crippen molar-refractivity contribution < 1.29 is 9.47 Å². The molecule has 0 saturated heterocycles. The third kappa shape index (κ3) is 5.62. The molecule has 0 aromatic heterocycles. The Morgan fingerprint density at radius 2 is 1.48 bits per heavy atom. The molecule has 0 N–H and O–H groups in total. The van der Waals surface area contributed by atoms with Crippen LogP contribution in [0.1, 0.15) is 52.4 Å². The number of unbranched alkanes of at least 4 members (excludes halogenated alkanes) is 4. The van der Waals surface area contributed by atoms with Gasteiger partial charge in [-0.1, -0.05) is 57.2 Å². The molecule has 3 heteroatoms. The summed E-state index contributed by atoms with van der Waals surface area (Å²) >= 11 is 6.35. The van der Waals surface area contributed by atoms with Crippen LogP contribution in [0.15, 0.2) is 30.3 Å². The Morgan fingerprint density at radius 3 is 2.17 bits per heavy atom. The maximum atomic E-state index is 6.35. The quantitative estimate of drug-likeness (QED) is 0.454. The molecular weight excluding hydrogens is 308 g/mol. The van der Waals surface area contributed by atoms with E-state index in [0.717, 1.165) is 48.3 Å². The van der Waals surface area contributed by atoms with E-state index in [2.05, 4.69) is 19.9 Å². The van der Waals surface area contributed by atoms with Crippen LogP contribution < -0.4 is 9.47 Å². The van der Waals surface area contributed by atoms with E-state index in [4.69, 9.17) is 21.1 Å². The Kier molecular flexibility index (Phi) is 7.54. The van der Waals surface area contributed by atoms with Gasteiger partial charge < -0.3 is 9.47 Å². The minimum Gasteiger partial charge on any atom is -0.494 e. The van der Waals surface area contributed by atoms with Crippen molar-refractivity contribution in [2.24, 2.45) is 0 Å². The van der Waals surface area contributed by atoms with Crippen molar-refractivity contribution >= 4 is 22.4 Å². The smallest absolute Gasteiger partial charge is 0.138 e. The van der Waals surface area contributed by atoms with Crippen LogP contribution in [0.25, 0.3) is 10.8 Å². The Morgan fingerprint density at radius 1 is 0.783 bits per heavy atom. The third-order valence-electron chi connectivity index (χ3n) is 3.88. The summed E-state index contributed by atoms with van der Waals surface area (Å²) in [5, 5.41) is 2.88. The number of benzene rings is 2. The predicted octanol–water partition coefficient (Wildman–Crippen LogP) is 6.63. The fraction of sp³-hybridized carbons (Fsp3) is 0.500. The van der Waals surface area contributed by atoms with Gasteiger partial charge in [0.25, 0.3) is 0 Å². The van der Waals surface area contributed by atoms with Crippen molar-refractivity contribution in [3.8, 4) is 11.5 Å². The zero-order chi connectivity index (χ0) is 16.5. The zero-order valence-electron chi connectivity index (χ0n) is 14.2. The highest BCUT2D eigenvalue weighted by molar-refractivity contribution is 6.32. The first kappa shape index (κ1) is 17.9. The Bertz CT molecular complexity index is 610. The van der Waals surface area contributed by atoms with Crippen LogP contribution in [-0.2, 0) is 0 Å². The monoisotopic (exact) mass is 334 g/mol. The lowest BCUT2D eigenvalue weighted by atomic mass is 10.1. The van der Waals surface area contributed by atoms with Crippen molar-refractivity contribution in [3.05, 3.63) is 35.4 Å². The lowest BCUT2D eigenvalue weighted by Gasteiger charge is -2.11. The summed E-state index contributed by atoms with van der Waals surface area (Å²) in [5.41, 5.74) is 0. The first-order valence-electron chi connectivity index (χ1n) is 8.73. The lowest BCUT2D eigenvalue weighted by Crippen LogP contribution is -1.98. The fourth-order valence-electron chi connectivity index (χ4n) is 2.50. The van der Waals surface area contributed by atoms with E-state index in [1.54, 1.807) is 0 Å². The number of hydrogen-bond acceptors (Lipinski definition) is 2. The number of rotatable bonds is 10. The van der Waals surface area contributed by atoms with Gasteiger partial charge in [-0.15, -0.1) is 0 Å². The summed E-state index contributed by atoms with van der Waals surface area (Å²) in [4.78, 5) is 0. The van der Waals surface area contributed by atoms with Crippen LogP contribution in [0.3, 0.4) is 0 Å². The average Bonchev–Trinajstić information content (AvgIpc) is 2.56. The highest BCUT2D eigenvalue weighted by Gasteiger charge is 2.06. The molecule has 0 saturated carbocycles. The minimum atomic E-state index is 0.664. The van der Waals surface area contributed by atoms with Gasteiger partial charge in [-0.05, 0) is 47.9 Å². The van der Waals surface area contributed by atoms with Crippen molar-refractivity contribution in [2.45, 2.75) is 52.4 Å². The van der Waals surface area contributed by atoms with Gasteiger partial charge in [-0.25, -0.2) is 0 Å². The molecule has 0 unspecified atom stereocenters. The number of hydrogen-bond donors (Lipinski definition) is 0. The highest BCUT2D eigenvalue weighted by Crippen LogP contribution is 2.32. The van der Waals surface area contributed by atoms with Crippen LogP contribution in [0.2, 0.25) is 5.02 Å². The molecule has 0 aliphatic heterocycles. The summed E-state index contributed by atoms with van der Waals surface area (Å²) in [6, 6.07) is 10.1. The Hall–Kier alpha value is -1.41. The molecule has 0 atom stereocenters. The van der Waals surface area contributed by atoms with Crippen LogP contribution in [-0.4, -0.2) is 13.2 Å². The Balaban J connectivity index is 2.02. The maximum absolute atomic E-state index is 6.35. The molecular formula is C20H27ClO2. The van der Waals surface area contributed by atoms with Crippen molar-refractivity contribution in [2.75, 3.05) is 13.2 Å². The van der Waals surface area contributed by atoms with E-state index in [0.29, 0.717) is 5.02 Å². The van der Waals surface area contributed by atoms with E-state index in [1.807, 2.05) is 24.3 Å². The number of halogens is 1. The van der Waals surface area contributed by atoms with Crippen molar-refractivity contribution in [1.82, 2.24) is 0 Å². The predicted molar refractivity (Wildman–Crippen MR) is 99.0 cm³/mol. The molecule has 0 spiro atoms. The summed E-state index contributed by atoms with van der Waals surface area (Å²) in [6.07, 6.45) is 6.95. The van der Waals surface area contributed by atoms with E-state index in [1.165, 1.54) is 25.7 Å². The molecule has 0 bridgehead atoms. The van der Waals surface area contributed by atoms with Crippen LogP contribution >= 0.6 is 11.6 Å². The molecule has 0 radical (unpaired) electrons. The SMILES string of the molecule is CCCCCOc1ccc2cc(OCCCCC)c(Cl)cc2c1. The molecule has 2 rings (SSSR count). The van der Waals surface area contributed by atoms with Gasteiger partial charge in [0.15, 0.2) is 0 Å². The molecule has 2 nitrogen and oxygen atoms in total. The first-order chi connectivity index (χ1) is 11.2. The largest absolute Gasteiger partial charge is 0.494 e. The van der Waals surface area contributed by atoms with Gasteiger partial charge in [-0.2, -0.15) is 0 Å². The maximum Gasteiger partial charge on any atom is 0.138 e. The molecule has 23 heavy (non-hydrogen) atoms. The first-order valence-corrected chi connectivity index (χ1v) is 9.11. The van der Waals surface area contributed by atoms with Crippen molar-refractivity contribution in [1.29, 1.82) is 0 Å². The van der Waals surface area contributed by atoms with Gasteiger partial charge >= 0.3 is 0 Å². The van der Waals surface area contributed by atoms with Crippen molar-refractivity contribution in [3.63, 3.8) is 0 Å².